The number of allylic oxidation sites excluding steroid dienone is 1. The van der Waals surface area contributed by atoms with E-state index < -0.39 is 21.6 Å². The summed E-state index contributed by atoms with van der Waals surface area (Å²) in [6, 6.07) is 15.2. The first-order valence-electron chi connectivity index (χ1n) is 7.23. The quantitative estimate of drug-likeness (QED) is 0.398. The first-order chi connectivity index (χ1) is 11.8. The van der Waals surface area contributed by atoms with Crippen molar-refractivity contribution < 1.29 is 13.2 Å². The summed E-state index contributed by atoms with van der Waals surface area (Å²) in [5, 5.41) is 0. The average Bonchev–Trinajstić information content (AvgIpc) is 2.55. The van der Waals surface area contributed by atoms with Gasteiger partial charge in [-0.15, -0.1) is 0 Å². The molecule has 0 aliphatic carbocycles. The van der Waals surface area contributed by atoms with Gasteiger partial charge in [0.1, 0.15) is 5.75 Å². The topological polar surface area (TPSA) is 63.2 Å². The van der Waals surface area contributed by atoms with Gasteiger partial charge in [-0.3, -0.25) is 9.52 Å². The Bertz CT molecular complexity index is 887. The predicted octanol–water partition coefficient (Wildman–Crippen LogP) is 4.07. The Kier molecular flexibility index (Phi) is 7.63. The van der Waals surface area contributed by atoms with Gasteiger partial charge in [-0.1, -0.05) is 30.3 Å². The van der Waals surface area contributed by atoms with Gasteiger partial charge in [0.05, 0.1) is 0 Å². The Hall–Kier alpha value is -1.20. The Morgan fingerprint density at radius 1 is 0.880 bits per heavy atom. The van der Waals surface area contributed by atoms with Gasteiger partial charge in [0.2, 0.25) is 10.0 Å². The van der Waals surface area contributed by atoms with Crippen molar-refractivity contribution in [2.75, 3.05) is 5.75 Å². The SMILES string of the molecule is O=C(/C=C/c1ccc(I)cc1)CS(=O)(=O)N/C=C\c1ccc(I)cc1. The van der Waals surface area contributed by atoms with Crippen molar-refractivity contribution in [3.8, 4) is 0 Å². The summed E-state index contributed by atoms with van der Waals surface area (Å²) in [6.45, 7) is 0. The third-order valence-corrected chi connectivity index (χ3v) is 5.66. The minimum atomic E-state index is -3.71. The molecule has 0 aliphatic heterocycles. The van der Waals surface area contributed by atoms with E-state index in [-0.39, 0.29) is 0 Å². The number of rotatable bonds is 7. The van der Waals surface area contributed by atoms with E-state index in [1.54, 1.807) is 12.2 Å². The molecule has 0 unspecified atom stereocenters. The van der Waals surface area contributed by atoms with Crippen LogP contribution in [0.25, 0.3) is 12.2 Å². The van der Waals surface area contributed by atoms with Crippen LogP contribution in [0.1, 0.15) is 11.1 Å². The lowest BCUT2D eigenvalue weighted by Gasteiger charge is -2.01. The molecule has 0 aromatic heterocycles. The molecule has 0 saturated heterocycles. The summed E-state index contributed by atoms with van der Waals surface area (Å²) in [7, 11) is -3.71. The molecule has 4 nitrogen and oxygen atoms in total. The predicted molar refractivity (Wildman–Crippen MR) is 118 cm³/mol. The number of hydrogen-bond acceptors (Lipinski definition) is 3. The lowest BCUT2D eigenvalue weighted by molar-refractivity contribution is -0.112. The Morgan fingerprint density at radius 3 is 1.88 bits per heavy atom. The van der Waals surface area contributed by atoms with E-state index in [0.29, 0.717) is 0 Å². The molecular weight excluding hydrogens is 564 g/mol. The fourth-order valence-electron chi connectivity index (χ4n) is 1.85. The fraction of sp³-hybridized carbons (Fsp3) is 0.0556. The van der Waals surface area contributed by atoms with Crippen LogP contribution < -0.4 is 4.72 Å². The van der Waals surface area contributed by atoms with Crippen LogP contribution in [0.3, 0.4) is 0 Å². The average molecular weight is 579 g/mol. The summed E-state index contributed by atoms with van der Waals surface area (Å²) in [5.41, 5.74) is 1.71. The fourth-order valence-corrected chi connectivity index (χ4v) is 3.40. The highest BCUT2D eigenvalue weighted by atomic mass is 127. The Balaban J connectivity index is 1.90. The van der Waals surface area contributed by atoms with Gasteiger partial charge in [-0.25, -0.2) is 8.42 Å². The van der Waals surface area contributed by atoms with Crippen molar-refractivity contribution in [1.29, 1.82) is 0 Å². The largest absolute Gasteiger partial charge is 0.294 e. The molecule has 0 heterocycles. The minimum Gasteiger partial charge on any atom is -0.294 e. The highest BCUT2D eigenvalue weighted by Crippen LogP contribution is 2.09. The number of carbonyl (C=O) groups excluding carboxylic acids is 1. The van der Waals surface area contributed by atoms with E-state index in [1.165, 1.54) is 12.3 Å². The van der Waals surface area contributed by atoms with Gasteiger partial charge in [0.25, 0.3) is 0 Å². The highest BCUT2D eigenvalue weighted by molar-refractivity contribution is 14.1. The van der Waals surface area contributed by atoms with E-state index >= 15 is 0 Å². The molecule has 7 heteroatoms. The normalized spacial score (nSPS) is 11.9. The zero-order chi connectivity index (χ0) is 18.3. The van der Waals surface area contributed by atoms with Crippen LogP contribution in [0.2, 0.25) is 0 Å². The van der Waals surface area contributed by atoms with Gasteiger partial charge >= 0.3 is 0 Å². The van der Waals surface area contributed by atoms with Gasteiger partial charge in [-0.2, -0.15) is 0 Å². The molecule has 0 radical (unpaired) electrons. The summed E-state index contributed by atoms with van der Waals surface area (Å²) in [5.74, 6) is -1.07. The molecule has 0 amide bonds. The van der Waals surface area contributed by atoms with Crippen molar-refractivity contribution in [1.82, 2.24) is 4.72 Å². The van der Waals surface area contributed by atoms with Gasteiger partial charge in [0, 0.05) is 13.3 Å². The first kappa shape index (κ1) is 20.1. The van der Waals surface area contributed by atoms with Crippen LogP contribution in [-0.2, 0) is 14.8 Å². The van der Waals surface area contributed by atoms with Gasteiger partial charge < -0.3 is 0 Å². The summed E-state index contributed by atoms with van der Waals surface area (Å²) >= 11 is 4.38. The number of hydrogen-bond donors (Lipinski definition) is 1. The third kappa shape index (κ3) is 7.70. The van der Waals surface area contributed by atoms with E-state index in [1.807, 2.05) is 48.5 Å². The molecule has 130 valence electrons. The first-order valence-corrected chi connectivity index (χ1v) is 11.0. The van der Waals surface area contributed by atoms with Crippen molar-refractivity contribution in [3.63, 3.8) is 0 Å². The third-order valence-electron chi connectivity index (χ3n) is 3.06. The number of carbonyl (C=O) groups is 1. The monoisotopic (exact) mass is 579 g/mol. The second kappa shape index (κ2) is 9.48. The van der Waals surface area contributed by atoms with Gasteiger partial charge in [0.15, 0.2) is 5.78 Å². The molecule has 2 aromatic rings. The van der Waals surface area contributed by atoms with E-state index in [2.05, 4.69) is 49.9 Å². The van der Waals surface area contributed by atoms with E-state index in [0.717, 1.165) is 18.3 Å². The van der Waals surface area contributed by atoms with Gasteiger partial charge in [-0.05, 0) is 92.7 Å². The maximum atomic E-state index is 11.9. The molecule has 0 saturated carbocycles. The molecule has 1 N–H and O–H groups in total. The number of halogens is 2. The maximum absolute atomic E-state index is 11.9. The molecule has 0 atom stereocenters. The zero-order valence-electron chi connectivity index (χ0n) is 13.0. The van der Waals surface area contributed by atoms with Crippen LogP contribution in [-0.4, -0.2) is 20.0 Å². The zero-order valence-corrected chi connectivity index (χ0v) is 18.2. The lowest BCUT2D eigenvalue weighted by Crippen LogP contribution is -2.25. The second-order valence-electron chi connectivity index (χ2n) is 5.11. The number of nitrogens with one attached hydrogen (secondary N) is 1. The number of ketones is 1. The Labute approximate surface area is 174 Å². The molecular formula is C18H15I2NO3S. The van der Waals surface area contributed by atoms with Crippen LogP contribution >= 0.6 is 45.2 Å². The van der Waals surface area contributed by atoms with Crippen molar-refractivity contribution in [3.05, 3.63) is 79.1 Å². The summed E-state index contributed by atoms with van der Waals surface area (Å²) < 4.78 is 28.3. The van der Waals surface area contributed by atoms with Crippen LogP contribution in [0.15, 0.2) is 60.8 Å². The smallest absolute Gasteiger partial charge is 0.239 e. The van der Waals surface area contributed by atoms with Crippen LogP contribution in [0, 0.1) is 7.14 Å². The standard InChI is InChI=1S/C18H15I2NO3S/c19-16-6-1-14(2-7-16)5-10-18(22)13-25(23,24)21-12-11-15-3-8-17(20)9-4-15/h1-12,21H,13H2/b10-5+,12-11-. The molecule has 0 aliphatic rings. The van der Waals surface area contributed by atoms with E-state index in [9.17, 15) is 13.2 Å². The molecule has 2 aromatic carbocycles. The van der Waals surface area contributed by atoms with E-state index in [4.69, 9.17) is 0 Å². The van der Waals surface area contributed by atoms with Crippen molar-refractivity contribution >= 4 is 73.1 Å². The number of benzene rings is 2. The van der Waals surface area contributed by atoms with Crippen LogP contribution in [0.4, 0.5) is 0 Å². The Morgan fingerprint density at radius 2 is 1.36 bits per heavy atom. The van der Waals surface area contributed by atoms with Crippen LogP contribution in [0.5, 0.6) is 0 Å². The molecule has 2 rings (SSSR count). The summed E-state index contributed by atoms with van der Waals surface area (Å²) in [4.78, 5) is 11.8. The van der Waals surface area contributed by atoms with Crippen molar-refractivity contribution in [2.45, 2.75) is 0 Å². The molecule has 25 heavy (non-hydrogen) atoms. The highest BCUT2D eigenvalue weighted by Gasteiger charge is 2.12. The molecule has 0 bridgehead atoms. The molecule has 0 spiro atoms. The second-order valence-corrected chi connectivity index (χ2v) is 9.36. The molecule has 0 fully saturated rings. The number of sulfonamides is 1. The van der Waals surface area contributed by atoms with Crippen molar-refractivity contribution in [2.24, 2.45) is 0 Å². The lowest BCUT2D eigenvalue weighted by atomic mass is 10.2. The maximum Gasteiger partial charge on any atom is 0.239 e. The minimum absolute atomic E-state index is 0.478. The summed E-state index contributed by atoms with van der Waals surface area (Å²) in [6.07, 6.45) is 5.85.